The van der Waals surface area contributed by atoms with E-state index in [4.69, 9.17) is 0 Å². The fourth-order valence-corrected chi connectivity index (χ4v) is 1.66. The Kier molecular flexibility index (Phi) is 9.99. The second-order valence-corrected chi connectivity index (χ2v) is 5.36. The first-order valence-electron chi connectivity index (χ1n) is 7.20. The summed E-state index contributed by atoms with van der Waals surface area (Å²) in [5, 5.41) is 3.48. The maximum Gasteiger partial charge on any atom is 0.0346 e. The molecule has 0 aromatic heterocycles. The summed E-state index contributed by atoms with van der Waals surface area (Å²) in [4.78, 5) is 0. The highest BCUT2D eigenvalue weighted by atomic mass is 14.9. The number of hydrogen-bond donors (Lipinski definition) is 1. The predicted octanol–water partition coefficient (Wildman–Crippen LogP) is 5.20. The van der Waals surface area contributed by atoms with Gasteiger partial charge in [-0.25, -0.2) is 0 Å². The van der Waals surface area contributed by atoms with E-state index in [0.717, 1.165) is 12.8 Å². The van der Waals surface area contributed by atoms with Crippen molar-refractivity contribution in [2.75, 3.05) is 0 Å². The average Bonchev–Trinajstić information content (AvgIpc) is 2.28. The van der Waals surface area contributed by atoms with Gasteiger partial charge < -0.3 is 5.32 Å². The average molecular weight is 237 g/mol. The highest BCUT2D eigenvalue weighted by molar-refractivity contribution is 4.95. The quantitative estimate of drug-likeness (QED) is 0.407. The van der Waals surface area contributed by atoms with Crippen LogP contribution in [-0.4, -0.2) is 5.54 Å². The van der Waals surface area contributed by atoms with Crippen LogP contribution in [0, 0.1) is 0 Å². The van der Waals surface area contributed by atoms with E-state index in [9.17, 15) is 0 Å². The molecule has 0 aliphatic rings. The standard InChI is InChI=1S/C16H31N/c1-5-7-9-10-11-13-15-17-16(3,4)14-12-8-6-2/h8,12-13,15,17H,5-7,9-11,14H2,1-4H3/b12-8+,15-13+. The van der Waals surface area contributed by atoms with Crippen LogP contribution in [0.5, 0.6) is 0 Å². The molecule has 0 aliphatic carbocycles. The van der Waals surface area contributed by atoms with Crippen LogP contribution in [0.3, 0.4) is 0 Å². The zero-order valence-corrected chi connectivity index (χ0v) is 12.3. The van der Waals surface area contributed by atoms with Crippen molar-refractivity contribution in [1.82, 2.24) is 5.32 Å². The minimum Gasteiger partial charge on any atom is -0.386 e. The molecule has 0 fully saturated rings. The monoisotopic (exact) mass is 237 g/mol. The molecule has 0 aromatic rings. The minimum absolute atomic E-state index is 0.172. The third-order valence-electron chi connectivity index (χ3n) is 2.85. The Balaban J connectivity index is 3.62. The lowest BCUT2D eigenvalue weighted by atomic mass is 10.0. The summed E-state index contributed by atoms with van der Waals surface area (Å²) in [6.07, 6.45) is 17.7. The van der Waals surface area contributed by atoms with Crippen molar-refractivity contribution in [2.24, 2.45) is 0 Å². The van der Waals surface area contributed by atoms with Crippen molar-refractivity contribution < 1.29 is 0 Å². The van der Waals surface area contributed by atoms with Crippen molar-refractivity contribution in [2.45, 2.75) is 78.2 Å². The normalized spacial score (nSPS) is 12.7. The second-order valence-electron chi connectivity index (χ2n) is 5.36. The molecule has 0 rings (SSSR count). The molecule has 0 heterocycles. The summed E-state index contributed by atoms with van der Waals surface area (Å²) in [6, 6.07) is 0. The molecule has 0 unspecified atom stereocenters. The highest BCUT2D eigenvalue weighted by Gasteiger charge is 2.11. The van der Waals surface area contributed by atoms with Crippen LogP contribution in [-0.2, 0) is 0 Å². The third-order valence-corrected chi connectivity index (χ3v) is 2.85. The molecule has 0 saturated carbocycles. The Bertz CT molecular complexity index is 214. The van der Waals surface area contributed by atoms with Gasteiger partial charge in [-0.2, -0.15) is 0 Å². The predicted molar refractivity (Wildman–Crippen MR) is 79.2 cm³/mol. The van der Waals surface area contributed by atoms with Crippen LogP contribution < -0.4 is 5.32 Å². The summed E-state index contributed by atoms with van der Waals surface area (Å²) >= 11 is 0. The number of rotatable bonds is 10. The molecular formula is C16H31N. The van der Waals surface area contributed by atoms with E-state index in [2.05, 4.69) is 57.4 Å². The lowest BCUT2D eigenvalue weighted by Gasteiger charge is -2.23. The van der Waals surface area contributed by atoms with Crippen molar-refractivity contribution >= 4 is 0 Å². The van der Waals surface area contributed by atoms with Gasteiger partial charge in [-0.05, 0) is 45.7 Å². The third kappa shape index (κ3) is 11.5. The first-order valence-corrected chi connectivity index (χ1v) is 7.20. The summed E-state index contributed by atoms with van der Waals surface area (Å²) in [6.45, 7) is 8.92. The molecule has 1 nitrogen and oxygen atoms in total. The lowest BCUT2D eigenvalue weighted by Crippen LogP contribution is -2.34. The SMILES string of the molecule is CC/C=C/CC(C)(C)N/C=C/CCCCCC. The minimum atomic E-state index is 0.172. The van der Waals surface area contributed by atoms with Crippen molar-refractivity contribution in [3.8, 4) is 0 Å². The van der Waals surface area contributed by atoms with Gasteiger partial charge in [0.25, 0.3) is 0 Å². The van der Waals surface area contributed by atoms with E-state index in [1.54, 1.807) is 0 Å². The van der Waals surface area contributed by atoms with E-state index in [1.165, 1.54) is 32.1 Å². The highest BCUT2D eigenvalue weighted by Crippen LogP contribution is 2.09. The van der Waals surface area contributed by atoms with Gasteiger partial charge in [0.1, 0.15) is 0 Å². The van der Waals surface area contributed by atoms with E-state index in [-0.39, 0.29) is 5.54 Å². The van der Waals surface area contributed by atoms with Gasteiger partial charge in [0.2, 0.25) is 0 Å². The fraction of sp³-hybridized carbons (Fsp3) is 0.750. The topological polar surface area (TPSA) is 12.0 Å². The Morgan fingerprint density at radius 2 is 1.71 bits per heavy atom. The van der Waals surface area contributed by atoms with Crippen molar-refractivity contribution in [3.05, 3.63) is 24.4 Å². The van der Waals surface area contributed by atoms with Gasteiger partial charge in [-0.3, -0.25) is 0 Å². The molecule has 0 aliphatic heterocycles. The zero-order chi connectivity index (χ0) is 13.0. The van der Waals surface area contributed by atoms with Crippen LogP contribution in [0.4, 0.5) is 0 Å². The van der Waals surface area contributed by atoms with Gasteiger partial charge in [-0.1, -0.05) is 51.3 Å². The molecule has 0 aromatic carbocycles. The molecule has 1 heteroatoms. The molecule has 0 bridgehead atoms. The number of unbranched alkanes of at least 4 members (excludes halogenated alkanes) is 4. The van der Waals surface area contributed by atoms with Crippen molar-refractivity contribution in [1.29, 1.82) is 0 Å². The Morgan fingerprint density at radius 3 is 2.35 bits per heavy atom. The molecule has 100 valence electrons. The van der Waals surface area contributed by atoms with Crippen LogP contribution >= 0.6 is 0 Å². The van der Waals surface area contributed by atoms with E-state index in [0.29, 0.717) is 0 Å². The van der Waals surface area contributed by atoms with E-state index >= 15 is 0 Å². The molecule has 0 saturated heterocycles. The molecular weight excluding hydrogens is 206 g/mol. The molecule has 0 atom stereocenters. The number of nitrogens with one attached hydrogen (secondary N) is 1. The summed E-state index contributed by atoms with van der Waals surface area (Å²) < 4.78 is 0. The first-order chi connectivity index (χ1) is 8.12. The Morgan fingerprint density at radius 1 is 0.941 bits per heavy atom. The van der Waals surface area contributed by atoms with Crippen LogP contribution in [0.15, 0.2) is 24.4 Å². The van der Waals surface area contributed by atoms with Crippen LogP contribution in [0.25, 0.3) is 0 Å². The molecule has 1 N–H and O–H groups in total. The maximum atomic E-state index is 3.48. The second kappa shape index (κ2) is 10.4. The van der Waals surface area contributed by atoms with E-state index in [1.807, 2.05) is 0 Å². The summed E-state index contributed by atoms with van der Waals surface area (Å²) in [5.74, 6) is 0. The van der Waals surface area contributed by atoms with Gasteiger partial charge in [0.05, 0.1) is 0 Å². The van der Waals surface area contributed by atoms with Crippen molar-refractivity contribution in [3.63, 3.8) is 0 Å². The molecule has 0 radical (unpaired) electrons. The zero-order valence-electron chi connectivity index (χ0n) is 12.3. The maximum absolute atomic E-state index is 3.48. The van der Waals surface area contributed by atoms with Crippen LogP contribution in [0.1, 0.15) is 72.6 Å². The first kappa shape index (κ1) is 16.3. The lowest BCUT2D eigenvalue weighted by molar-refractivity contribution is 0.448. The van der Waals surface area contributed by atoms with Gasteiger partial charge in [-0.15, -0.1) is 0 Å². The summed E-state index contributed by atoms with van der Waals surface area (Å²) in [5.41, 5.74) is 0.172. The van der Waals surface area contributed by atoms with Crippen LogP contribution in [0.2, 0.25) is 0 Å². The molecule has 17 heavy (non-hydrogen) atoms. The summed E-state index contributed by atoms with van der Waals surface area (Å²) in [7, 11) is 0. The van der Waals surface area contributed by atoms with Gasteiger partial charge >= 0.3 is 0 Å². The Labute approximate surface area is 108 Å². The van der Waals surface area contributed by atoms with Gasteiger partial charge in [0, 0.05) is 5.54 Å². The van der Waals surface area contributed by atoms with Gasteiger partial charge in [0.15, 0.2) is 0 Å². The molecule has 0 amide bonds. The number of allylic oxidation sites excluding steroid dienone is 2. The Hall–Kier alpha value is -0.720. The fourth-order valence-electron chi connectivity index (χ4n) is 1.66. The van der Waals surface area contributed by atoms with E-state index < -0.39 is 0 Å². The largest absolute Gasteiger partial charge is 0.386 e. The smallest absolute Gasteiger partial charge is 0.0346 e. The molecule has 0 spiro atoms. The number of hydrogen-bond acceptors (Lipinski definition) is 1.